The second-order valence-corrected chi connectivity index (χ2v) is 6.82. The highest BCUT2D eigenvalue weighted by Gasteiger charge is 2.15. The molecule has 0 saturated carbocycles. The lowest BCUT2D eigenvalue weighted by molar-refractivity contribution is 0.102. The van der Waals surface area contributed by atoms with E-state index in [9.17, 15) is 4.79 Å². The maximum Gasteiger partial charge on any atom is 0.259 e. The van der Waals surface area contributed by atoms with Crippen molar-refractivity contribution in [2.75, 3.05) is 5.32 Å². The number of aryl methyl sites for hydroxylation is 2. The van der Waals surface area contributed by atoms with Gasteiger partial charge in [0.2, 0.25) is 0 Å². The monoisotopic (exact) mass is 350 g/mol. The number of thiazole rings is 1. The van der Waals surface area contributed by atoms with E-state index in [1.165, 1.54) is 16.9 Å². The quantitative estimate of drug-likeness (QED) is 0.665. The van der Waals surface area contributed by atoms with Gasteiger partial charge in [-0.05, 0) is 43.2 Å². The van der Waals surface area contributed by atoms with E-state index >= 15 is 0 Å². The number of fused-ring (bicyclic) bond motifs is 1. The Morgan fingerprint density at radius 2 is 2.00 bits per heavy atom. The molecule has 0 saturated heterocycles. The normalized spacial score (nSPS) is 10.9. The summed E-state index contributed by atoms with van der Waals surface area (Å²) in [5, 5.41) is 3.93. The molecule has 0 bridgehead atoms. The summed E-state index contributed by atoms with van der Waals surface area (Å²) < 4.78 is 1.05. The molecule has 1 N–H and O–H groups in total. The molecule has 0 spiro atoms. The Bertz CT molecular complexity index is 889. The number of halogens is 2. The molecule has 0 aliphatic rings. The lowest BCUT2D eigenvalue weighted by Gasteiger charge is -2.04. The van der Waals surface area contributed by atoms with Crippen molar-refractivity contribution in [2.24, 2.45) is 0 Å². The van der Waals surface area contributed by atoms with Crippen LogP contribution in [0, 0.1) is 13.8 Å². The summed E-state index contributed by atoms with van der Waals surface area (Å²) >= 11 is 13.4. The van der Waals surface area contributed by atoms with E-state index in [1.54, 1.807) is 18.2 Å². The summed E-state index contributed by atoms with van der Waals surface area (Å²) in [6.45, 7) is 4.05. The summed E-state index contributed by atoms with van der Waals surface area (Å²) in [5.74, 6) is -0.319. The fourth-order valence-corrected chi connectivity index (χ4v) is 3.69. The summed E-state index contributed by atoms with van der Waals surface area (Å²) in [6.07, 6.45) is 0. The number of carbonyl (C=O) groups is 1. The van der Waals surface area contributed by atoms with Gasteiger partial charge in [-0.3, -0.25) is 10.1 Å². The standard InChI is InChI=1S/C16H12Cl2N2OS/c1-8-6-9(2)14-12(7-8)22-16(19-14)20-15(21)10-4-3-5-11(17)13(10)18/h3-7H,1-2H3,(H,19,20,21). The number of benzene rings is 2. The van der Waals surface area contributed by atoms with E-state index < -0.39 is 0 Å². The van der Waals surface area contributed by atoms with Crippen LogP contribution in [-0.2, 0) is 0 Å². The number of nitrogens with zero attached hydrogens (tertiary/aromatic N) is 1. The van der Waals surface area contributed by atoms with Crippen LogP contribution in [0.1, 0.15) is 21.5 Å². The molecular formula is C16H12Cl2N2OS. The van der Waals surface area contributed by atoms with Crippen molar-refractivity contribution in [3.8, 4) is 0 Å². The molecule has 3 aromatic rings. The van der Waals surface area contributed by atoms with Crippen molar-refractivity contribution in [1.82, 2.24) is 4.98 Å². The van der Waals surface area contributed by atoms with Gasteiger partial charge in [0.05, 0.1) is 25.8 Å². The van der Waals surface area contributed by atoms with Crippen molar-refractivity contribution in [1.29, 1.82) is 0 Å². The number of anilines is 1. The first-order valence-corrected chi connectivity index (χ1v) is 8.16. The van der Waals surface area contributed by atoms with Crippen LogP contribution < -0.4 is 5.32 Å². The van der Waals surface area contributed by atoms with Crippen molar-refractivity contribution in [3.05, 3.63) is 57.1 Å². The smallest absolute Gasteiger partial charge is 0.259 e. The van der Waals surface area contributed by atoms with E-state index in [0.29, 0.717) is 15.7 Å². The van der Waals surface area contributed by atoms with Crippen LogP contribution in [0.2, 0.25) is 10.0 Å². The largest absolute Gasteiger partial charge is 0.298 e. The first-order chi connectivity index (χ1) is 10.5. The number of amides is 1. The maximum absolute atomic E-state index is 12.3. The second-order valence-electron chi connectivity index (χ2n) is 5.00. The van der Waals surface area contributed by atoms with Crippen LogP contribution in [0.3, 0.4) is 0 Å². The first kappa shape index (κ1) is 15.3. The molecule has 3 nitrogen and oxygen atoms in total. The zero-order valence-corrected chi connectivity index (χ0v) is 14.2. The lowest BCUT2D eigenvalue weighted by Crippen LogP contribution is -2.12. The molecule has 0 radical (unpaired) electrons. The Hall–Kier alpha value is -1.62. The number of rotatable bonds is 2. The third-order valence-corrected chi connectivity index (χ3v) is 4.98. The zero-order valence-electron chi connectivity index (χ0n) is 11.9. The summed E-state index contributed by atoms with van der Waals surface area (Å²) in [4.78, 5) is 16.8. The summed E-state index contributed by atoms with van der Waals surface area (Å²) in [6, 6.07) is 9.09. The van der Waals surface area contributed by atoms with Crippen LogP contribution in [0.25, 0.3) is 10.2 Å². The van der Waals surface area contributed by atoms with Crippen molar-refractivity contribution in [2.45, 2.75) is 13.8 Å². The number of carbonyl (C=O) groups excluding carboxylic acids is 1. The fraction of sp³-hybridized carbons (Fsp3) is 0.125. The van der Waals surface area contributed by atoms with Crippen LogP contribution in [0.5, 0.6) is 0 Å². The van der Waals surface area contributed by atoms with Gasteiger partial charge in [0.1, 0.15) is 0 Å². The Kier molecular flexibility index (Phi) is 4.08. The highest BCUT2D eigenvalue weighted by molar-refractivity contribution is 7.22. The van der Waals surface area contributed by atoms with Gasteiger partial charge >= 0.3 is 0 Å². The molecule has 6 heteroatoms. The molecule has 1 heterocycles. The zero-order chi connectivity index (χ0) is 15.9. The molecule has 22 heavy (non-hydrogen) atoms. The number of nitrogens with one attached hydrogen (secondary N) is 1. The highest BCUT2D eigenvalue weighted by atomic mass is 35.5. The molecule has 0 aliphatic carbocycles. The molecule has 0 aliphatic heterocycles. The van der Waals surface area contributed by atoms with Gasteiger partial charge in [-0.2, -0.15) is 0 Å². The predicted molar refractivity (Wildman–Crippen MR) is 93.5 cm³/mol. The van der Waals surface area contributed by atoms with Crippen molar-refractivity contribution in [3.63, 3.8) is 0 Å². The average Bonchev–Trinajstić information content (AvgIpc) is 2.84. The number of aromatic nitrogens is 1. The van der Waals surface area contributed by atoms with Gasteiger partial charge in [-0.15, -0.1) is 0 Å². The van der Waals surface area contributed by atoms with E-state index in [4.69, 9.17) is 23.2 Å². The average molecular weight is 351 g/mol. The number of hydrogen-bond donors (Lipinski definition) is 1. The minimum Gasteiger partial charge on any atom is -0.298 e. The highest BCUT2D eigenvalue weighted by Crippen LogP contribution is 2.31. The molecule has 0 atom stereocenters. The summed E-state index contributed by atoms with van der Waals surface area (Å²) in [5.41, 5.74) is 3.50. The third kappa shape index (κ3) is 2.82. The third-order valence-electron chi connectivity index (χ3n) is 3.25. The Balaban J connectivity index is 1.94. The summed E-state index contributed by atoms with van der Waals surface area (Å²) in [7, 11) is 0. The van der Waals surface area contributed by atoms with Crippen LogP contribution in [-0.4, -0.2) is 10.9 Å². The Morgan fingerprint density at radius 3 is 2.77 bits per heavy atom. The van der Waals surface area contributed by atoms with Gasteiger partial charge in [-0.25, -0.2) is 4.98 Å². The van der Waals surface area contributed by atoms with Crippen LogP contribution in [0.15, 0.2) is 30.3 Å². The molecule has 112 valence electrons. The minimum atomic E-state index is -0.319. The van der Waals surface area contributed by atoms with Crippen molar-refractivity contribution >= 4 is 55.8 Å². The minimum absolute atomic E-state index is 0.245. The van der Waals surface area contributed by atoms with E-state index in [1.807, 2.05) is 13.8 Å². The maximum atomic E-state index is 12.3. The Labute approximate surface area is 141 Å². The van der Waals surface area contributed by atoms with E-state index in [2.05, 4.69) is 22.4 Å². The number of hydrogen-bond acceptors (Lipinski definition) is 3. The molecule has 0 fully saturated rings. The molecule has 1 amide bonds. The molecule has 2 aromatic carbocycles. The van der Waals surface area contributed by atoms with E-state index in [-0.39, 0.29) is 10.9 Å². The van der Waals surface area contributed by atoms with Gasteiger partial charge in [0.25, 0.3) is 5.91 Å². The first-order valence-electron chi connectivity index (χ1n) is 6.59. The molecule has 0 unspecified atom stereocenters. The SMILES string of the molecule is Cc1cc(C)c2nc(NC(=O)c3cccc(Cl)c3Cl)sc2c1. The molecular weight excluding hydrogens is 339 g/mol. The topological polar surface area (TPSA) is 42.0 Å². The van der Waals surface area contributed by atoms with Gasteiger partial charge in [0.15, 0.2) is 5.13 Å². The molecule has 3 rings (SSSR count). The lowest BCUT2D eigenvalue weighted by atomic mass is 10.1. The second kappa shape index (κ2) is 5.88. The van der Waals surface area contributed by atoms with Gasteiger partial charge in [-0.1, -0.05) is 46.7 Å². The van der Waals surface area contributed by atoms with Gasteiger partial charge in [0, 0.05) is 0 Å². The van der Waals surface area contributed by atoms with Crippen molar-refractivity contribution < 1.29 is 4.79 Å². The van der Waals surface area contributed by atoms with Gasteiger partial charge < -0.3 is 0 Å². The Morgan fingerprint density at radius 1 is 1.23 bits per heavy atom. The molecule has 1 aromatic heterocycles. The predicted octanol–water partition coefficient (Wildman–Crippen LogP) is 5.47. The fourth-order valence-electron chi connectivity index (χ4n) is 2.27. The van der Waals surface area contributed by atoms with Crippen LogP contribution >= 0.6 is 34.5 Å². The van der Waals surface area contributed by atoms with Crippen LogP contribution in [0.4, 0.5) is 5.13 Å². The van der Waals surface area contributed by atoms with E-state index in [0.717, 1.165) is 15.8 Å².